The Morgan fingerprint density at radius 3 is 2.16 bits per heavy atom. The molecule has 0 bridgehead atoms. The number of hydrogen-bond acceptors (Lipinski definition) is 2. The van der Waals surface area contributed by atoms with E-state index in [1.54, 1.807) is 0 Å². The molecule has 0 spiro atoms. The summed E-state index contributed by atoms with van der Waals surface area (Å²) in [5, 5.41) is 0. The molecule has 2 rings (SSSR count). The second-order valence-electron chi connectivity index (χ2n) is 7.76. The Labute approximate surface area is 120 Å². The van der Waals surface area contributed by atoms with Crippen molar-refractivity contribution in [3.05, 3.63) is 0 Å². The van der Waals surface area contributed by atoms with Gasteiger partial charge in [-0.3, -0.25) is 4.90 Å². The van der Waals surface area contributed by atoms with Crippen molar-refractivity contribution in [2.45, 2.75) is 83.7 Å². The minimum atomic E-state index is 0.570. The normalized spacial score (nSPS) is 27.6. The highest BCUT2D eigenvalue weighted by Gasteiger charge is 2.33. The van der Waals surface area contributed by atoms with Crippen LogP contribution in [-0.4, -0.2) is 30.6 Å². The Morgan fingerprint density at radius 2 is 1.63 bits per heavy atom. The van der Waals surface area contributed by atoms with Crippen LogP contribution in [-0.2, 0) is 0 Å². The molecule has 2 nitrogen and oxygen atoms in total. The maximum absolute atomic E-state index is 6.12. The smallest absolute Gasteiger partial charge is 0.0246 e. The zero-order chi connectivity index (χ0) is 13.9. The Hall–Kier alpha value is -0.0800. The van der Waals surface area contributed by atoms with Crippen LogP contribution in [0.5, 0.6) is 0 Å². The van der Waals surface area contributed by atoms with E-state index in [-0.39, 0.29) is 0 Å². The van der Waals surface area contributed by atoms with Gasteiger partial charge in [-0.15, -0.1) is 0 Å². The summed E-state index contributed by atoms with van der Waals surface area (Å²) in [4.78, 5) is 2.66. The zero-order valence-corrected chi connectivity index (χ0v) is 13.3. The summed E-state index contributed by atoms with van der Waals surface area (Å²) in [5.41, 5.74) is 6.69. The van der Waals surface area contributed by atoms with Crippen molar-refractivity contribution < 1.29 is 0 Å². The van der Waals surface area contributed by atoms with Crippen molar-refractivity contribution in [1.29, 1.82) is 0 Å². The minimum Gasteiger partial charge on any atom is -0.329 e. The molecule has 2 fully saturated rings. The van der Waals surface area contributed by atoms with Gasteiger partial charge in [0, 0.05) is 18.6 Å². The van der Waals surface area contributed by atoms with Crippen molar-refractivity contribution in [1.82, 2.24) is 4.90 Å². The number of rotatable bonds is 4. The highest BCUT2D eigenvalue weighted by molar-refractivity contribution is 4.88. The second kappa shape index (κ2) is 6.58. The van der Waals surface area contributed by atoms with Crippen molar-refractivity contribution >= 4 is 0 Å². The number of nitrogens with zero attached hydrogens (tertiary/aromatic N) is 1. The molecule has 2 heteroatoms. The van der Waals surface area contributed by atoms with E-state index in [4.69, 9.17) is 5.73 Å². The van der Waals surface area contributed by atoms with E-state index in [0.717, 1.165) is 18.5 Å². The molecule has 0 amide bonds. The van der Waals surface area contributed by atoms with Crippen LogP contribution in [0.4, 0.5) is 0 Å². The van der Waals surface area contributed by atoms with Gasteiger partial charge in [0.05, 0.1) is 0 Å². The summed E-state index contributed by atoms with van der Waals surface area (Å²) < 4.78 is 0. The van der Waals surface area contributed by atoms with Gasteiger partial charge >= 0.3 is 0 Å². The van der Waals surface area contributed by atoms with Gasteiger partial charge in [-0.05, 0) is 56.9 Å². The van der Waals surface area contributed by atoms with E-state index < -0.39 is 0 Å². The average Bonchev–Trinajstić information content (AvgIpc) is 2.40. The van der Waals surface area contributed by atoms with Gasteiger partial charge in [-0.25, -0.2) is 0 Å². The van der Waals surface area contributed by atoms with Crippen LogP contribution >= 0.6 is 0 Å². The van der Waals surface area contributed by atoms with Crippen LogP contribution in [0.15, 0.2) is 0 Å². The first-order valence-corrected chi connectivity index (χ1v) is 8.45. The molecule has 0 aromatic carbocycles. The molecule has 0 aliphatic heterocycles. The third kappa shape index (κ3) is 3.95. The van der Waals surface area contributed by atoms with Crippen molar-refractivity contribution in [3.63, 3.8) is 0 Å². The summed E-state index contributed by atoms with van der Waals surface area (Å²) >= 11 is 0. The van der Waals surface area contributed by atoms with Gasteiger partial charge in [0.1, 0.15) is 0 Å². The summed E-state index contributed by atoms with van der Waals surface area (Å²) in [6.07, 6.45) is 12.6. The molecule has 1 atom stereocenters. The minimum absolute atomic E-state index is 0.570. The fourth-order valence-electron chi connectivity index (χ4n) is 4.27. The fourth-order valence-corrected chi connectivity index (χ4v) is 4.27. The van der Waals surface area contributed by atoms with Crippen LogP contribution in [0, 0.1) is 11.3 Å². The maximum atomic E-state index is 6.12. The topological polar surface area (TPSA) is 29.3 Å². The van der Waals surface area contributed by atoms with E-state index in [1.165, 1.54) is 57.8 Å². The van der Waals surface area contributed by atoms with Crippen molar-refractivity contribution in [2.75, 3.05) is 13.6 Å². The molecule has 112 valence electrons. The molecule has 2 saturated carbocycles. The monoisotopic (exact) mass is 266 g/mol. The van der Waals surface area contributed by atoms with Crippen LogP contribution < -0.4 is 5.73 Å². The lowest BCUT2D eigenvalue weighted by molar-refractivity contribution is 0.0618. The van der Waals surface area contributed by atoms with Gasteiger partial charge in [-0.2, -0.15) is 0 Å². The van der Waals surface area contributed by atoms with E-state index in [0.29, 0.717) is 11.5 Å². The first-order chi connectivity index (χ1) is 9.03. The summed E-state index contributed by atoms with van der Waals surface area (Å²) in [6, 6.07) is 1.41. The molecule has 1 unspecified atom stereocenters. The Kier molecular flexibility index (Phi) is 5.30. The molecule has 0 radical (unpaired) electrons. The summed E-state index contributed by atoms with van der Waals surface area (Å²) in [5.74, 6) is 0.860. The quantitative estimate of drug-likeness (QED) is 0.838. The SMILES string of the molecule is CN(C1CCC(C)(C)CC1)C(CN)C1CCCCC1. The van der Waals surface area contributed by atoms with Crippen molar-refractivity contribution in [3.8, 4) is 0 Å². The van der Waals surface area contributed by atoms with E-state index in [1.807, 2.05) is 0 Å². The third-order valence-electron chi connectivity index (χ3n) is 5.84. The van der Waals surface area contributed by atoms with Gasteiger partial charge in [0.15, 0.2) is 0 Å². The lowest BCUT2D eigenvalue weighted by Gasteiger charge is -2.44. The highest BCUT2D eigenvalue weighted by Crippen LogP contribution is 2.38. The predicted molar refractivity (Wildman–Crippen MR) is 83.2 cm³/mol. The molecular formula is C17H34N2. The first-order valence-electron chi connectivity index (χ1n) is 8.45. The van der Waals surface area contributed by atoms with Crippen molar-refractivity contribution in [2.24, 2.45) is 17.1 Å². The molecule has 2 aliphatic carbocycles. The molecule has 19 heavy (non-hydrogen) atoms. The maximum Gasteiger partial charge on any atom is 0.0246 e. The fraction of sp³-hybridized carbons (Fsp3) is 1.00. The van der Waals surface area contributed by atoms with Gasteiger partial charge < -0.3 is 5.73 Å². The van der Waals surface area contributed by atoms with E-state index in [2.05, 4.69) is 25.8 Å². The van der Waals surface area contributed by atoms with Gasteiger partial charge in [0.2, 0.25) is 0 Å². The lowest BCUT2D eigenvalue weighted by Crippen LogP contribution is -2.50. The van der Waals surface area contributed by atoms with E-state index in [9.17, 15) is 0 Å². The van der Waals surface area contributed by atoms with Crippen LogP contribution in [0.2, 0.25) is 0 Å². The Bertz CT molecular complexity index is 258. The van der Waals surface area contributed by atoms with Gasteiger partial charge in [-0.1, -0.05) is 33.1 Å². The molecule has 0 aromatic rings. The largest absolute Gasteiger partial charge is 0.329 e. The second-order valence-corrected chi connectivity index (χ2v) is 7.76. The predicted octanol–water partition coefficient (Wildman–Crippen LogP) is 3.79. The molecular weight excluding hydrogens is 232 g/mol. The summed E-state index contributed by atoms with van der Waals surface area (Å²) in [7, 11) is 2.34. The first kappa shape index (κ1) is 15.3. The average molecular weight is 266 g/mol. The number of nitrogens with two attached hydrogens (primary N) is 1. The standard InChI is InChI=1S/C17H34N2/c1-17(2)11-9-15(10-12-17)19(3)16(13-18)14-7-5-4-6-8-14/h14-16H,4-13,18H2,1-3H3. The number of hydrogen-bond donors (Lipinski definition) is 1. The molecule has 2 N–H and O–H groups in total. The Morgan fingerprint density at radius 1 is 1.05 bits per heavy atom. The van der Waals surface area contributed by atoms with Crippen LogP contribution in [0.25, 0.3) is 0 Å². The van der Waals surface area contributed by atoms with E-state index >= 15 is 0 Å². The summed E-state index contributed by atoms with van der Waals surface area (Å²) in [6.45, 7) is 5.69. The molecule has 0 saturated heterocycles. The molecule has 0 aromatic heterocycles. The number of likely N-dealkylation sites (N-methyl/N-ethyl adjacent to an activating group) is 1. The zero-order valence-electron chi connectivity index (χ0n) is 13.3. The third-order valence-corrected chi connectivity index (χ3v) is 5.84. The van der Waals surface area contributed by atoms with Crippen LogP contribution in [0.3, 0.4) is 0 Å². The van der Waals surface area contributed by atoms with Crippen LogP contribution in [0.1, 0.15) is 71.6 Å². The molecule has 0 heterocycles. The highest BCUT2D eigenvalue weighted by atomic mass is 15.2. The Balaban J connectivity index is 1.91. The molecule has 2 aliphatic rings. The van der Waals surface area contributed by atoms with Gasteiger partial charge in [0.25, 0.3) is 0 Å². The lowest BCUT2D eigenvalue weighted by atomic mass is 9.74.